The molecular weight excluding hydrogens is 232 g/mol. The van der Waals surface area contributed by atoms with E-state index in [4.69, 9.17) is 5.11 Å². The molecule has 5 heteroatoms. The summed E-state index contributed by atoms with van der Waals surface area (Å²) in [6.45, 7) is 2.20. The van der Waals surface area contributed by atoms with Gasteiger partial charge in [0.05, 0.1) is 6.42 Å². The number of fused-ring (bicyclic) bond motifs is 1. The zero-order valence-electron chi connectivity index (χ0n) is 10.4. The minimum atomic E-state index is -0.837. The van der Waals surface area contributed by atoms with Gasteiger partial charge in [-0.25, -0.2) is 0 Å². The maximum Gasteiger partial charge on any atom is 0.320 e. The molecule has 1 unspecified atom stereocenters. The largest absolute Gasteiger partial charge is 0.480 e. The maximum atomic E-state index is 11.2. The van der Waals surface area contributed by atoms with E-state index in [2.05, 4.69) is 5.32 Å². The van der Waals surface area contributed by atoms with E-state index >= 15 is 0 Å². The molecule has 0 aromatic heterocycles. The van der Waals surface area contributed by atoms with Crippen molar-refractivity contribution in [3.05, 3.63) is 29.3 Å². The van der Waals surface area contributed by atoms with Crippen molar-refractivity contribution in [3.63, 3.8) is 0 Å². The standard InChI is InChI=1S/C13H16N2O3/c1-8(13(17)18)15(2)7-9-3-4-11-10(5-9)6-12(16)14-11/h3-5,8H,6-7H2,1-2H3,(H,14,16)(H,17,18). The Morgan fingerprint density at radius 2 is 2.28 bits per heavy atom. The quantitative estimate of drug-likeness (QED) is 0.836. The van der Waals surface area contributed by atoms with Crippen molar-refractivity contribution in [3.8, 4) is 0 Å². The average molecular weight is 248 g/mol. The monoisotopic (exact) mass is 248 g/mol. The van der Waals surface area contributed by atoms with Crippen molar-refractivity contribution in [1.82, 2.24) is 4.90 Å². The summed E-state index contributed by atoms with van der Waals surface area (Å²) >= 11 is 0. The molecular formula is C13H16N2O3. The lowest BCUT2D eigenvalue weighted by Gasteiger charge is -2.21. The number of rotatable bonds is 4. The highest BCUT2D eigenvalue weighted by atomic mass is 16.4. The van der Waals surface area contributed by atoms with Crippen molar-refractivity contribution in [2.45, 2.75) is 25.9 Å². The average Bonchev–Trinajstić information content (AvgIpc) is 2.67. The van der Waals surface area contributed by atoms with E-state index in [1.807, 2.05) is 18.2 Å². The Kier molecular flexibility index (Phi) is 3.34. The molecule has 0 spiro atoms. The molecule has 0 saturated carbocycles. The number of aliphatic carboxylic acids is 1. The lowest BCUT2D eigenvalue weighted by molar-refractivity contribution is -0.142. The van der Waals surface area contributed by atoms with Gasteiger partial charge in [0.1, 0.15) is 6.04 Å². The van der Waals surface area contributed by atoms with E-state index in [9.17, 15) is 9.59 Å². The molecule has 0 radical (unpaired) electrons. The minimum absolute atomic E-state index is 0.00871. The Hall–Kier alpha value is -1.88. The van der Waals surface area contributed by atoms with Crippen LogP contribution in [-0.2, 0) is 22.6 Å². The van der Waals surface area contributed by atoms with Gasteiger partial charge in [-0.15, -0.1) is 0 Å². The van der Waals surface area contributed by atoms with E-state index < -0.39 is 12.0 Å². The highest BCUT2D eigenvalue weighted by Gasteiger charge is 2.20. The van der Waals surface area contributed by atoms with E-state index in [-0.39, 0.29) is 5.91 Å². The molecule has 1 amide bonds. The van der Waals surface area contributed by atoms with Gasteiger partial charge in [-0.05, 0) is 31.2 Å². The lowest BCUT2D eigenvalue weighted by atomic mass is 10.1. The highest BCUT2D eigenvalue weighted by molar-refractivity contribution is 5.99. The number of hydrogen-bond acceptors (Lipinski definition) is 3. The van der Waals surface area contributed by atoms with E-state index in [0.29, 0.717) is 13.0 Å². The molecule has 2 rings (SSSR count). The molecule has 2 N–H and O–H groups in total. The Morgan fingerprint density at radius 3 is 2.94 bits per heavy atom. The summed E-state index contributed by atoms with van der Waals surface area (Å²) in [5.74, 6) is -0.829. The van der Waals surface area contributed by atoms with Gasteiger partial charge in [0.25, 0.3) is 0 Å². The molecule has 1 aliphatic rings. The first-order valence-electron chi connectivity index (χ1n) is 5.82. The Labute approximate surface area is 105 Å². The fourth-order valence-electron chi connectivity index (χ4n) is 1.99. The number of anilines is 1. The normalized spacial score (nSPS) is 15.4. The van der Waals surface area contributed by atoms with E-state index in [1.54, 1.807) is 18.9 Å². The van der Waals surface area contributed by atoms with Gasteiger partial charge >= 0.3 is 5.97 Å². The molecule has 96 valence electrons. The molecule has 18 heavy (non-hydrogen) atoms. The van der Waals surface area contributed by atoms with Crippen LogP contribution in [0.1, 0.15) is 18.1 Å². The van der Waals surface area contributed by atoms with Crippen molar-refractivity contribution in [2.75, 3.05) is 12.4 Å². The van der Waals surface area contributed by atoms with Crippen LogP contribution in [0.3, 0.4) is 0 Å². The van der Waals surface area contributed by atoms with Crippen LogP contribution < -0.4 is 5.32 Å². The summed E-state index contributed by atoms with van der Waals surface area (Å²) in [5.41, 5.74) is 2.85. The number of carbonyl (C=O) groups is 2. The van der Waals surface area contributed by atoms with Gasteiger partial charge in [-0.2, -0.15) is 0 Å². The fourth-order valence-corrected chi connectivity index (χ4v) is 1.99. The van der Waals surface area contributed by atoms with Crippen LogP contribution in [-0.4, -0.2) is 35.0 Å². The number of carboxylic acid groups (broad SMARTS) is 1. The number of carbonyl (C=O) groups excluding carboxylic acids is 1. The molecule has 1 atom stereocenters. The van der Waals surface area contributed by atoms with Crippen molar-refractivity contribution < 1.29 is 14.7 Å². The van der Waals surface area contributed by atoms with Crippen molar-refractivity contribution in [2.24, 2.45) is 0 Å². The van der Waals surface area contributed by atoms with Crippen LogP contribution in [0.4, 0.5) is 5.69 Å². The minimum Gasteiger partial charge on any atom is -0.480 e. The third kappa shape index (κ3) is 2.51. The first kappa shape index (κ1) is 12.6. The Morgan fingerprint density at radius 1 is 1.56 bits per heavy atom. The molecule has 1 aliphatic heterocycles. The summed E-state index contributed by atoms with van der Waals surface area (Å²) in [4.78, 5) is 23.9. The molecule has 0 fully saturated rings. The number of benzene rings is 1. The van der Waals surface area contributed by atoms with Gasteiger partial charge in [-0.3, -0.25) is 14.5 Å². The van der Waals surface area contributed by atoms with E-state index in [1.165, 1.54) is 0 Å². The second kappa shape index (κ2) is 4.78. The fraction of sp³-hybridized carbons (Fsp3) is 0.385. The van der Waals surface area contributed by atoms with Gasteiger partial charge in [-0.1, -0.05) is 12.1 Å². The Balaban J connectivity index is 2.09. The number of carboxylic acids is 1. The number of nitrogens with one attached hydrogen (secondary N) is 1. The summed E-state index contributed by atoms with van der Waals surface area (Å²) in [6.07, 6.45) is 0.404. The zero-order valence-corrected chi connectivity index (χ0v) is 10.4. The first-order chi connectivity index (χ1) is 8.47. The topological polar surface area (TPSA) is 69.6 Å². The summed E-state index contributed by atoms with van der Waals surface area (Å²) in [5, 5.41) is 11.7. The van der Waals surface area contributed by atoms with Crippen molar-refractivity contribution in [1.29, 1.82) is 0 Å². The van der Waals surface area contributed by atoms with Crippen LogP contribution in [0.15, 0.2) is 18.2 Å². The van der Waals surface area contributed by atoms with Gasteiger partial charge in [0, 0.05) is 12.2 Å². The number of hydrogen-bond donors (Lipinski definition) is 2. The van der Waals surface area contributed by atoms with Crippen LogP contribution in [0.25, 0.3) is 0 Å². The second-order valence-electron chi connectivity index (χ2n) is 4.65. The molecule has 0 aliphatic carbocycles. The highest BCUT2D eigenvalue weighted by Crippen LogP contribution is 2.24. The van der Waals surface area contributed by atoms with Gasteiger partial charge < -0.3 is 10.4 Å². The summed E-state index contributed by atoms with van der Waals surface area (Å²) < 4.78 is 0. The van der Waals surface area contributed by atoms with E-state index in [0.717, 1.165) is 16.8 Å². The lowest BCUT2D eigenvalue weighted by Crippen LogP contribution is -2.35. The van der Waals surface area contributed by atoms with Crippen molar-refractivity contribution >= 4 is 17.6 Å². The van der Waals surface area contributed by atoms with Crippen LogP contribution in [0.2, 0.25) is 0 Å². The Bertz CT molecular complexity index is 499. The molecule has 0 bridgehead atoms. The summed E-state index contributed by atoms with van der Waals surface area (Å²) in [7, 11) is 1.77. The predicted molar refractivity (Wildman–Crippen MR) is 67.3 cm³/mol. The number of likely N-dealkylation sites (N-methyl/N-ethyl adjacent to an activating group) is 1. The molecule has 1 heterocycles. The zero-order chi connectivity index (χ0) is 13.3. The smallest absolute Gasteiger partial charge is 0.320 e. The third-order valence-electron chi connectivity index (χ3n) is 3.25. The second-order valence-corrected chi connectivity index (χ2v) is 4.65. The predicted octanol–water partition coefficient (Wildman–Crippen LogP) is 1.09. The number of amides is 1. The molecule has 5 nitrogen and oxygen atoms in total. The molecule has 1 aromatic rings. The maximum absolute atomic E-state index is 11.2. The first-order valence-corrected chi connectivity index (χ1v) is 5.82. The molecule has 0 saturated heterocycles. The molecule has 1 aromatic carbocycles. The van der Waals surface area contributed by atoms with Gasteiger partial charge in [0.15, 0.2) is 0 Å². The van der Waals surface area contributed by atoms with Crippen LogP contribution >= 0.6 is 0 Å². The SMILES string of the molecule is CC(C(=O)O)N(C)Cc1ccc2c(c1)CC(=O)N2. The van der Waals surface area contributed by atoms with Gasteiger partial charge in [0.2, 0.25) is 5.91 Å². The van der Waals surface area contributed by atoms with Crippen LogP contribution in [0.5, 0.6) is 0 Å². The van der Waals surface area contributed by atoms with Crippen LogP contribution in [0, 0.1) is 0 Å². The third-order valence-corrected chi connectivity index (χ3v) is 3.25. The number of nitrogens with zero attached hydrogens (tertiary/aromatic N) is 1. The summed E-state index contributed by atoms with van der Waals surface area (Å²) in [6, 6.07) is 5.21.